The summed E-state index contributed by atoms with van der Waals surface area (Å²) in [7, 11) is -3.17. The second-order valence-corrected chi connectivity index (χ2v) is 10.8. The Labute approximate surface area is 181 Å². The molecule has 2 aromatic rings. The van der Waals surface area contributed by atoms with Gasteiger partial charge in [0.15, 0.2) is 9.84 Å². The molecule has 32 heavy (non-hydrogen) atoms. The number of nitrogens with zero attached hydrogens (tertiary/aromatic N) is 3. The van der Waals surface area contributed by atoms with E-state index in [-0.39, 0.29) is 35.1 Å². The first-order valence-corrected chi connectivity index (χ1v) is 11.8. The lowest BCUT2D eigenvalue weighted by atomic mass is 9.92. The minimum absolute atomic E-state index is 0.0261. The Balaban J connectivity index is 1.55. The van der Waals surface area contributed by atoms with Crippen molar-refractivity contribution < 1.29 is 31.1 Å². The maximum atomic E-state index is 14.5. The molecule has 2 fully saturated rings. The number of rotatable bonds is 4. The molecule has 3 heterocycles. The zero-order chi connectivity index (χ0) is 23.1. The Morgan fingerprint density at radius 2 is 1.78 bits per heavy atom. The summed E-state index contributed by atoms with van der Waals surface area (Å²) >= 11 is 0. The summed E-state index contributed by atoms with van der Waals surface area (Å²) in [6, 6.07) is 4.88. The summed E-state index contributed by atoms with van der Waals surface area (Å²) in [5, 5.41) is 9.33. The molecule has 12 heteroatoms. The number of hydrogen-bond donors (Lipinski definition) is 2. The summed E-state index contributed by atoms with van der Waals surface area (Å²) < 4.78 is 79.6. The molecule has 1 atom stereocenters. The highest BCUT2D eigenvalue weighted by molar-refractivity contribution is 7.93. The van der Waals surface area contributed by atoms with Gasteiger partial charge in [-0.05, 0) is 12.0 Å². The van der Waals surface area contributed by atoms with Crippen molar-refractivity contribution in [1.29, 1.82) is 0 Å². The average molecular weight is 472 g/mol. The number of benzene rings is 1. The van der Waals surface area contributed by atoms with Crippen LogP contribution in [0.3, 0.4) is 0 Å². The highest BCUT2D eigenvalue weighted by Gasteiger charge is 2.56. The molecule has 2 saturated heterocycles. The molecule has 3 N–H and O–H groups in total. The van der Waals surface area contributed by atoms with Crippen molar-refractivity contribution >= 4 is 15.8 Å². The van der Waals surface area contributed by atoms with Gasteiger partial charge in [0.25, 0.3) is 11.8 Å². The molecule has 0 unspecified atom stereocenters. The van der Waals surface area contributed by atoms with Crippen LogP contribution in [0.4, 0.5) is 23.5 Å². The van der Waals surface area contributed by atoms with Crippen LogP contribution in [0.25, 0.3) is 11.3 Å². The van der Waals surface area contributed by atoms with Crippen LogP contribution in [-0.4, -0.2) is 60.1 Å². The highest BCUT2D eigenvalue weighted by Crippen LogP contribution is 2.46. The first kappa shape index (κ1) is 21.5. The van der Waals surface area contributed by atoms with Crippen molar-refractivity contribution in [3.8, 4) is 11.3 Å². The van der Waals surface area contributed by atoms with E-state index in [0.29, 0.717) is 11.1 Å². The Kier molecular flexibility index (Phi) is 4.45. The van der Waals surface area contributed by atoms with Gasteiger partial charge in [-0.1, -0.05) is 24.3 Å². The van der Waals surface area contributed by atoms with Crippen LogP contribution in [-0.2, 0) is 27.7 Å². The van der Waals surface area contributed by atoms with Crippen molar-refractivity contribution in [1.82, 2.24) is 9.97 Å². The molecule has 7 nitrogen and oxygen atoms in total. The molecule has 0 spiro atoms. The number of halogens is 4. The van der Waals surface area contributed by atoms with E-state index >= 15 is 0 Å². The van der Waals surface area contributed by atoms with E-state index < -0.39 is 58.5 Å². The molecule has 172 valence electrons. The molecule has 0 bridgehead atoms. The lowest BCUT2D eigenvalue weighted by Gasteiger charge is -2.46. The molecule has 0 amide bonds. The molecule has 1 aliphatic carbocycles. The summed E-state index contributed by atoms with van der Waals surface area (Å²) in [6.07, 6.45) is -0.437. The maximum absolute atomic E-state index is 14.5. The molecule has 1 aromatic heterocycles. The Morgan fingerprint density at radius 3 is 2.34 bits per heavy atom. The number of nitrogens with two attached hydrogens (primary N) is 1. The summed E-state index contributed by atoms with van der Waals surface area (Å²) in [4.78, 5) is 9.26. The zero-order valence-electron chi connectivity index (χ0n) is 16.7. The Hall–Kier alpha value is -2.31. The number of aliphatic hydroxyl groups is 1. The topological polar surface area (TPSA) is 109 Å². The van der Waals surface area contributed by atoms with Gasteiger partial charge >= 0.3 is 0 Å². The Bertz CT molecular complexity index is 1190. The fourth-order valence-electron chi connectivity index (χ4n) is 4.65. The fourth-order valence-corrected chi connectivity index (χ4v) is 6.47. The molecular weight excluding hydrogens is 452 g/mol. The molecular formula is C20H20F4N4O3S. The van der Waals surface area contributed by atoms with E-state index in [1.807, 2.05) is 0 Å². The predicted molar refractivity (Wildman–Crippen MR) is 107 cm³/mol. The van der Waals surface area contributed by atoms with Gasteiger partial charge < -0.3 is 15.7 Å². The normalized spacial score (nSPS) is 26.2. The van der Waals surface area contributed by atoms with Crippen LogP contribution in [0.15, 0.2) is 24.3 Å². The molecule has 2 aliphatic heterocycles. The van der Waals surface area contributed by atoms with Gasteiger partial charge in [-0.3, -0.25) is 0 Å². The summed E-state index contributed by atoms with van der Waals surface area (Å²) in [6.45, 7) is -1.64. The second-order valence-electron chi connectivity index (χ2n) is 8.76. The third-order valence-electron chi connectivity index (χ3n) is 6.39. The monoisotopic (exact) mass is 472 g/mol. The van der Waals surface area contributed by atoms with Gasteiger partial charge in [-0.2, -0.15) is 8.78 Å². The quantitative estimate of drug-likeness (QED) is 0.651. The molecule has 5 rings (SSSR count). The minimum Gasteiger partial charge on any atom is -0.394 e. The van der Waals surface area contributed by atoms with Gasteiger partial charge in [-0.25, -0.2) is 27.2 Å². The number of fused-ring (bicyclic) bond motifs is 1. The van der Waals surface area contributed by atoms with Gasteiger partial charge in [0, 0.05) is 17.5 Å². The minimum atomic E-state index is -3.22. The van der Waals surface area contributed by atoms with Crippen LogP contribution in [0.1, 0.15) is 23.2 Å². The van der Waals surface area contributed by atoms with Gasteiger partial charge in [-0.15, -0.1) is 0 Å². The van der Waals surface area contributed by atoms with Crippen LogP contribution < -0.4 is 10.6 Å². The van der Waals surface area contributed by atoms with Gasteiger partial charge in [0.2, 0.25) is 5.95 Å². The van der Waals surface area contributed by atoms with Crippen molar-refractivity contribution in [3.05, 3.63) is 41.1 Å². The maximum Gasteiger partial charge on any atom is 0.290 e. The standard InChI is InChI=1S/C20H20F4N4O3S/c21-19(22)6-5-13-15(11-1-3-12(4-2-11)18(25)9-32(30,31)10-18)26-17(27-16(13)19)28-8-20(23,24)14(28)7-29/h1-4,14,29H,5-10,25H2/t14-/m1/s1. The summed E-state index contributed by atoms with van der Waals surface area (Å²) in [5.41, 5.74) is 6.16. The number of anilines is 1. The average Bonchev–Trinajstić information content (AvgIpc) is 2.99. The van der Waals surface area contributed by atoms with Crippen molar-refractivity contribution in [2.75, 3.05) is 29.6 Å². The molecule has 1 aromatic carbocycles. The zero-order valence-corrected chi connectivity index (χ0v) is 17.5. The molecule has 3 aliphatic rings. The number of aliphatic hydroxyl groups excluding tert-OH is 1. The Morgan fingerprint density at radius 1 is 1.12 bits per heavy atom. The van der Waals surface area contributed by atoms with Gasteiger partial charge in [0.05, 0.1) is 35.9 Å². The van der Waals surface area contributed by atoms with E-state index in [1.165, 1.54) is 0 Å². The van der Waals surface area contributed by atoms with E-state index in [2.05, 4.69) is 9.97 Å². The highest BCUT2D eigenvalue weighted by atomic mass is 32.2. The van der Waals surface area contributed by atoms with Crippen LogP contribution in [0.5, 0.6) is 0 Å². The lowest BCUT2D eigenvalue weighted by Crippen LogP contribution is -2.67. The third kappa shape index (κ3) is 3.19. The van der Waals surface area contributed by atoms with Gasteiger partial charge in [0.1, 0.15) is 11.7 Å². The summed E-state index contributed by atoms with van der Waals surface area (Å²) in [5.74, 6) is -7.02. The van der Waals surface area contributed by atoms with Crippen LogP contribution >= 0.6 is 0 Å². The number of sulfone groups is 1. The van der Waals surface area contributed by atoms with E-state index in [9.17, 15) is 31.1 Å². The first-order valence-electron chi connectivity index (χ1n) is 10.0. The van der Waals surface area contributed by atoms with E-state index in [4.69, 9.17) is 5.73 Å². The predicted octanol–water partition coefficient (Wildman–Crippen LogP) is 1.58. The molecule has 0 saturated carbocycles. The SMILES string of the molecule is NC1(c2ccc(-c3nc(N4CC(F)(F)[C@H]4CO)nc4c3CCC4(F)F)cc2)CS(=O)(=O)C1. The molecule has 0 radical (unpaired) electrons. The van der Waals surface area contributed by atoms with E-state index in [1.54, 1.807) is 24.3 Å². The van der Waals surface area contributed by atoms with Crippen molar-refractivity contribution in [2.24, 2.45) is 5.73 Å². The fraction of sp³-hybridized carbons (Fsp3) is 0.500. The van der Waals surface area contributed by atoms with Crippen LogP contribution in [0, 0.1) is 0 Å². The second kappa shape index (κ2) is 6.61. The largest absolute Gasteiger partial charge is 0.394 e. The smallest absolute Gasteiger partial charge is 0.290 e. The number of hydrogen-bond acceptors (Lipinski definition) is 7. The first-order chi connectivity index (χ1) is 14.9. The van der Waals surface area contributed by atoms with Crippen LogP contribution in [0.2, 0.25) is 0 Å². The number of alkyl halides is 4. The third-order valence-corrected chi connectivity index (χ3v) is 8.30. The lowest BCUT2D eigenvalue weighted by molar-refractivity contribution is -0.0861. The van der Waals surface area contributed by atoms with E-state index in [0.717, 1.165) is 4.90 Å². The van der Waals surface area contributed by atoms with Crippen molar-refractivity contribution in [2.45, 2.75) is 36.3 Å². The van der Waals surface area contributed by atoms with Crippen molar-refractivity contribution in [3.63, 3.8) is 0 Å². The number of aromatic nitrogens is 2.